The Morgan fingerprint density at radius 3 is 2.76 bits per heavy atom. The molecule has 0 radical (unpaired) electrons. The molecule has 0 spiro atoms. The Morgan fingerprint density at radius 2 is 2.10 bits per heavy atom. The van der Waals surface area contributed by atoms with Gasteiger partial charge >= 0.3 is 0 Å². The van der Waals surface area contributed by atoms with Crippen LogP contribution in [-0.2, 0) is 12.8 Å². The van der Waals surface area contributed by atoms with Crippen LogP contribution in [0.15, 0.2) is 30.6 Å². The maximum atomic E-state index is 8.66. The number of anilines is 2. The highest BCUT2D eigenvalue weighted by Crippen LogP contribution is 2.08. The van der Waals surface area contributed by atoms with E-state index in [-0.39, 0.29) is 0 Å². The minimum absolute atomic E-state index is 0.299. The Bertz CT molecular complexity index is 615. The number of nitrogens with zero attached hydrogens (tertiary/aromatic N) is 5. The summed E-state index contributed by atoms with van der Waals surface area (Å²) in [5.41, 5.74) is 1.88. The smallest absolute Gasteiger partial charge is 0.222 e. The molecule has 0 aliphatic rings. The Morgan fingerprint density at radius 1 is 1.24 bits per heavy atom. The molecule has 0 saturated heterocycles. The van der Waals surface area contributed by atoms with Gasteiger partial charge < -0.3 is 10.2 Å². The second kappa shape index (κ2) is 7.20. The molecule has 0 amide bonds. The molecule has 0 aliphatic heterocycles. The van der Waals surface area contributed by atoms with E-state index in [9.17, 15) is 0 Å². The molecule has 1 N–H and O–H groups in total. The highest BCUT2D eigenvalue weighted by atomic mass is 15.1. The van der Waals surface area contributed by atoms with E-state index in [1.54, 1.807) is 12.3 Å². The first-order chi connectivity index (χ1) is 10.2. The van der Waals surface area contributed by atoms with Gasteiger partial charge in [0.25, 0.3) is 0 Å². The second-order valence-electron chi connectivity index (χ2n) is 4.80. The van der Waals surface area contributed by atoms with Crippen LogP contribution >= 0.6 is 0 Å². The molecule has 0 unspecified atom stereocenters. The van der Waals surface area contributed by atoms with Crippen molar-refractivity contribution in [2.75, 3.05) is 30.9 Å². The quantitative estimate of drug-likeness (QED) is 0.868. The molecule has 2 aromatic heterocycles. The standard InChI is InChI=1S/C15H18N6/c1-21(2)14-4-3-12(11-19-14)6-9-17-15-18-10-7-13(20-15)5-8-16/h3-4,7,10-11H,5-6,9H2,1-2H3,(H,17,18,20). The van der Waals surface area contributed by atoms with Crippen molar-refractivity contribution in [1.82, 2.24) is 15.0 Å². The predicted octanol–water partition coefficient (Wildman–Crippen LogP) is 1.66. The fourth-order valence-corrected chi connectivity index (χ4v) is 1.81. The van der Waals surface area contributed by atoms with Gasteiger partial charge in [-0.25, -0.2) is 15.0 Å². The minimum Gasteiger partial charge on any atom is -0.363 e. The molecule has 0 aromatic carbocycles. The van der Waals surface area contributed by atoms with Gasteiger partial charge in [-0.1, -0.05) is 6.07 Å². The monoisotopic (exact) mass is 282 g/mol. The third-order valence-corrected chi connectivity index (χ3v) is 2.94. The fraction of sp³-hybridized carbons (Fsp3) is 0.333. The first-order valence-electron chi connectivity index (χ1n) is 6.74. The van der Waals surface area contributed by atoms with Gasteiger partial charge in [-0.2, -0.15) is 5.26 Å². The molecular formula is C15H18N6. The van der Waals surface area contributed by atoms with Gasteiger partial charge in [0.2, 0.25) is 5.95 Å². The van der Waals surface area contributed by atoms with Crippen LogP contribution in [0.5, 0.6) is 0 Å². The predicted molar refractivity (Wildman–Crippen MR) is 82.1 cm³/mol. The summed E-state index contributed by atoms with van der Waals surface area (Å²) in [5, 5.41) is 11.8. The highest BCUT2D eigenvalue weighted by molar-refractivity contribution is 5.37. The largest absolute Gasteiger partial charge is 0.363 e. The molecule has 0 fully saturated rings. The minimum atomic E-state index is 0.299. The van der Waals surface area contributed by atoms with Gasteiger partial charge in [0, 0.05) is 33.0 Å². The van der Waals surface area contributed by atoms with Crippen LogP contribution in [0.2, 0.25) is 0 Å². The van der Waals surface area contributed by atoms with Crippen LogP contribution in [0.25, 0.3) is 0 Å². The number of nitriles is 1. The highest BCUT2D eigenvalue weighted by Gasteiger charge is 2.00. The molecule has 0 atom stereocenters. The van der Waals surface area contributed by atoms with E-state index in [0.29, 0.717) is 12.4 Å². The van der Waals surface area contributed by atoms with Crippen molar-refractivity contribution >= 4 is 11.8 Å². The van der Waals surface area contributed by atoms with E-state index >= 15 is 0 Å². The van der Waals surface area contributed by atoms with Crippen LogP contribution in [0.4, 0.5) is 11.8 Å². The SMILES string of the molecule is CN(C)c1ccc(CCNc2nccc(CC#N)n2)cn1. The van der Waals surface area contributed by atoms with Crippen LogP contribution in [-0.4, -0.2) is 35.6 Å². The van der Waals surface area contributed by atoms with Crippen molar-refractivity contribution < 1.29 is 0 Å². The summed E-state index contributed by atoms with van der Waals surface area (Å²) in [7, 11) is 3.93. The van der Waals surface area contributed by atoms with E-state index in [2.05, 4.69) is 32.4 Å². The fourth-order valence-electron chi connectivity index (χ4n) is 1.81. The summed E-state index contributed by atoms with van der Waals surface area (Å²) in [6.45, 7) is 0.721. The number of rotatable bonds is 6. The molecule has 0 bridgehead atoms. The van der Waals surface area contributed by atoms with Gasteiger partial charge in [-0.3, -0.25) is 0 Å². The van der Waals surface area contributed by atoms with Crippen LogP contribution < -0.4 is 10.2 Å². The van der Waals surface area contributed by atoms with Crippen molar-refractivity contribution in [2.24, 2.45) is 0 Å². The van der Waals surface area contributed by atoms with Crippen LogP contribution in [0.3, 0.4) is 0 Å². The van der Waals surface area contributed by atoms with E-state index in [0.717, 1.165) is 30.0 Å². The van der Waals surface area contributed by atoms with Crippen molar-refractivity contribution in [1.29, 1.82) is 5.26 Å². The average Bonchev–Trinajstić information content (AvgIpc) is 2.48. The topological polar surface area (TPSA) is 77.7 Å². The summed E-state index contributed by atoms with van der Waals surface area (Å²) in [5.74, 6) is 1.50. The molecule has 2 rings (SSSR count). The summed E-state index contributed by atoms with van der Waals surface area (Å²) in [6.07, 6.45) is 4.68. The van der Waals surface area contributed by atoms with Gasteiger partial charge in [-0.05, 0) is 24.1 Å². The molecule has 108 valence electrons. The van der Waals surface area contributed by atoms with Crippen LogP contribution in [0, 0.1) is 11.3 Å². The molecule has 0 aliphatic carbocycles. The maximum absolute atomic E-state index is 8.66. The maximum Gasteiger partial charge on any atom is 0.222 e. The molecule has 21 heavy (non-hydrogen) atoms. The van der Waals surface area contributed by atoms with Crippen molar-refractivity contribution in [3.05, 3.63) is 41.9 Å². The molecular weight excluding hydrogens is 264 g/mol. The zero-order valence-corrected chi connectivity index (χ0v) is 12.2. The molecule has 6 heteroatoms. The number of aromatic nitrogens is 3. The summed E-state index contributed by atoms with van der Waals surface area (Å²) >= 11 is 0. The van der Waals surface area contributed by atoms with Crippen molar-refractivity contribution in [2.45, 2.75) is 12.8 Å². The number of nitrogens with one attached hydrogen (secondary N) is 1. The second-order valence-corrected chi connectivity index (χ2v) is 4.80. The summed E-state index contributed by atoms with van der Waals surface area (Å²) in [4.78, 5) is 14.7. The lowest BCUT2D eigenvalue weighted by Gasteiger charge is -2.11. The lowest BCUT2D eigenvalue weighted by molar-refractivity contribution is 0.955. The van der Waals surface area contributed by atoms with Gasteiger partial charge in [-0.15, -0.1) is 0 Å². The van der Waals surface area contributed by atoms with Crippen molar-refractivity contribution in [3.63, 3.8) is 0 Å². The summed E-state index contributed by atoms with van der Waals surface area (Å²) in [6, 6.07) is 7.89. The van der Waals surface area contributed by atoms with E-state index in [1.165, 1.54) is 0 Å². The number of hydrogen-bond acceptors (Lipinski definition) is 6. The molecule has 6 nitrogen and oxygen atoms in total. The normalized spacial score (nSPS) is 9.95. The Balaban J connectivity index is 1.86. The molecule has 2 heterocycles. The zero-order chi connectivity index (χ0) is 15.1. The van der Waals surface area contributed by atoms with Gasteiger partial charge in [0.1, 0.15) is 5.82 Å². The average molecular weight is 282 g/mol. The Kier molecular flexibility index (Phi) is 5.04. The van der Waals surface area contributed by atoms with Crippen molar-refractivity contribution in [3.8, 4) is 6.07 Å². The molecule has 2 aromatic rings. The van der Waals surface area contributed by atoms with Gasteiger partial charge in [0.05, 0.1) is 18.2 Å². The zero-order valence-electron chi connectivity index (χ0n) is 12.2. The first-order valence-corrected chi connectivity index (χ1v) is 6.74. The third-order valence-electron chi connectivity index (χ3n) is 2.94. The van der Waals surface area contributed by atoms with E-state index in [1.807, 2.05) is 31.3 Å². The van der Waals surface area contributed by atoms with Crippen LogP contribution in [0.1, 0.15) is 11.3 Å². The Labute approximate surface area is 124 Å². The lowest BCUT2D eigenvalue weighted by Crippen LogP contribution is -2.11. The number of hydrogen-bond donors (Lipinski definition) is 1. The Hall–Kier alpha value is -2.68. The third kappa shape index (κ3) is 4.42. The molecule has 0 saturated carbocycles. The van der Waals surface area contributed by atoms with Gasteiger partial charge in [0.15, 0.2) is 0 Å². The van der Waals surface area contributed by atoms with E-state index < -0.39 is 0 Å². The number of pyridine rings is 1. The summed E-state index contributed by atoms with van der Waals surface area (Å²) < 4.78 is 0. The van der Waals surface area contributed by atoms with E-state index in [4.69, 9.17) is 5.26 Å². The first kappa shape index (κ1) is 14.7. The lowest BCUT2D eigenvalue weighted by atomic mass is 10.2.